The van der Waals surface area contributed by atoms with Crippen LogP contribution >= 0.6 is 0 Å². The number of hydrogen-bond acceptors (Lipinski definition) is 3. The molecule has 3 rings (SSSR count). The van der Waals surface area contributed by atoms with Crippen molar-refractivity contribution in [3.05, 3.63) is 88.5 Å². The van der Waals surface area contributed by atoms with Crippen molar-refractivity contribution in [2.75, 3.05) is 16.2 Å². The van der Waals surface area contributed by atoms with E-state index in [1.54, 1.807) is 24.3 Å². The Hall–Kier alpha value is -3.12. The zero-order valence-corrected chi connectivity index (χ0v) is 19.4. The van der Waals surface area contributed by atoms with Crippen LogP contribution in [-0.4, -0.2) is 20.9 Å². The number of sulfonamides is 1. The molecule has 0 aromatic heterocycles. The number of nitrogens with zero attached hydrogens (tertiary/aromatic N) is 1. The number of amides is 1. The maximum absolute atomic E-state index is 13.5. The molecular formula is C25H28N2O3S. The largest absolute Gasteiger partial charge is 0.324 e. The van der Waals surface area contributed by atoms with Crippen LogP contribution in [0, 0.1) is 34.6 Å². The minimum atomic E-state index is -3.93. The third-order valence-corrected chi connectivity index (χ3v) is 6.95. The maximum Gasteiger partial charge on any atom is 0.264 e. The van der Waals surface area contributed by atoms with E-state index in [1.807, 2.05) is 58.9 Å². The number of rotatable bonds is 6. The maximum atomic E-state index is 13.5. The lowest BCUT2D eigenvalue weighted by atomic mass is 10.1. The summed E-state index contributed by atoms with van der Waals surface area (Å²) in [7, 11) is -3.93. The molecule has 0 radical (unpaired) electrons. The van der Waals surface area contributed by atoms with Crippen molar-refractivity contribution in [1.82, 2.24) is 0 Å². The highest BCUT2D eigenvalue weighted by atomic mass is 32.2. The lowest BCUT2D eigenvalue weighted by Crippen LogP contribution is -2.38. The van der Waals surface area contributed by atoms with Crippen LogP contribution in [0.4, 0.5) is 11.4 Å². The van der Waals surface area contributed by atoms with Gasteiger partial charge in [0.05, 0.1) is 10.6 Å². The van der Waals surface area contributed by atoms with Crippen LogP contribution < -0.4 is 9.62 Å². The van der Waals surface area contributed by atoms with E-state index in [9.17, 15) is 13.2 Å². The van der Waals surface area contributed by atoms with Gasteiger partial charge in [0.15, 0.2) is 0 Å². The Morgan fingerprint density at radius 1 is 0.806 bits per heavy atom. The fourth-order valence-corrected chi connectivity index (χ4v) is 5.30. The fraction of sp³-hybridized carbons (Fsp3) is 0.240. The second kappa shape index (κ2) is 8.94. The van der Waals surface area contributed by atoms with Gasteiger partial charge in [0.1, 0.15) is 6.54 Å². The summed E-state index contributed by atoms with van der Waals surface area (Å²) in [6.45, 7) is 9.33. The fourth-order valence-electron chi connectivity index (χ4n) is 3.79. The van der Waals surface area contributed by atoms with Crippen LogP contribution in [0.1, 0.15) is 27.8 Å². The zero-order valence-electron chi connectivity index (χ0n) is 18.6. The van der Waals surface area contributed by atoms with Gasteiger partial charge < -0.3 is 5.32 Å². The van der Waals surface area contributed by atoms with Crippen LogP contribution in [0.15, 0.2) is 65.6 Å². The van der Waals surface area contributed by atoms with Crippen molar-refractivity contribution in [2.45, 2.75) is 39.5 Å². The second-order valence-corrected chi connectivity index (χ2v) is 9.80. The molecule has 0 heterocycles. The Labute approximate surface area is 184 Å². The second-order valence-electron chi connectivity index (χ2n) is 7.94. The normalized spacial score (nSPS) is 11.3. The first-order valence-corrected chi connectivity index (χ1v) is 11.6. The summed E-state index contributed by atoms with van der Waals surface area (Å²) in [6.07, 6.45) is 0. The van der Waals surface area contributed by atoms with Crippen molar-refractivity contribution in [3.63, 3.8) is 0 Å². The Morgan fingerprint density at radius 2 is 1.39 bits per heavy atom. The molecule has 0 aliphatic carbocycles. The van der Waals surface area contributed by atoms with E-state index in [1.165, 1.54) is 16.4 Å². The van der Waals surface area contributed by atoms with Crippen molar-refractivity contribution in [3.8, 4) is 0 Å². The average molecular weight is 437 g/mol. The van der Waals surface area contributed by atoms with Gasteiger partial charge in [-0.05, 0) is 69.5 Å². The number of hydrogen-bond donors (Lipinski definition) is 1. The van der Waals surface area contributed by atoms with Gasteiger partial charge >= 0.3 is 0 Å². The first kappa shape index (κ1) is 22.6. The minimum absolute atomic E-state index is 0.144. The highest BCUT2D eigenvalue weighted by Gasteiger charge is 2.28. The predicted octanol–water partition coefficient (Wildman–Crippen LogP) is 5.06. The van der Waals surface area contributed by atoms with Crippen molar-refractivity contribution < 1.29 is 13.2 Å². The van der Waals surface area contributed by atoms with Gasteiger partial charge in [0, 0.05) is 5.69 Å². The Balaban J connectivity index is 2.00. The first-order valence-electron chi connectivity index (χ1n) is 10.1. The zero-order chi connectivity index (χ0) is 22.8. The van der Waals surface area contributed by atoms with Gasteiger partial charge in [-0.15, -0.1) is 0 Å². The van der Waals surface area contributed by atoms with Crippen molar-refractivity contribution >= 4 is 27.3 Å². The molecule has 6 heteroatoms. The van der Waals surface area contributed by atoms with Gasteiger partial charge in [-0.3, -0.25) is 9.10 Å². The lowest BCUT2D eigenvalue weighted by molar-refractivity contribution is -0.114. The summed E-state index contributed by atoms with van der Waals surface area (Å²) in [5.74, 6) is -0.394. The van der Waals surface area contributed by atoms with E-state index in [0.29, 0.717) is 11.4 Å². The van der Waals surface area contributed by atoms with Crippen molar-refractivity contribution in [2.24, 2.45) is 0 Å². The lowest BCUT2D eigenvalue weighted by Gasteiger charge is -2.26. The molecule has 0 aliphatic heterocycles. The number of benzene rings is 3. The minimum Gasteiger partial charge on any atom is -0.324 e. The topological polar surface area (TPSA) is 66.5 Å². The van der Waals surface area contributed by atoms with Crippen LogP contribution in [0.5, 0.6) is 0 Å². The van der Waals surface area contributed by atoms with E-state index < -0.39 is 15.9 Å². The summed E-state index contributed by atoms with van der Waals surface area (Å²) in [5.41, 5.74) is 6.00. The molecule has 1 amide bonds. The summed E-state index contributed by atoms with van der Waals surface area (Å²) in [4.78, 5) is 13.2. The molecular weight excluding hydrogens is 408 g/mol. The van der Waals surface area contributed by atoms with Crippen LogP contribution in [0.25, 0.3) is 0 Å². The summed E-state index contributed by atoms with van der Waals surface area (Å²) < 4.78 is 28.2. The average Bonchev–Trinajstić information content (AvgIpc) is 2.70. The van der Waals surface area contributed by atoms with E-state index >= 15 is 0 Å². The number of carbonyl (C=O) groups is 1. The third-order valence-electron chi connectivity index (χ3n) is 5.18. The Kier molecular flexibility index (Phi) is 6.51. The van der Waals surface area contributed by atoms with Crippen molar-refractivity contribution in [1.29, 1.82) is 0 Å². The Morgan fingerprint density at radius 3 is 1.97 bits per heavy atom. The molecule has 0 fully saturated rings. The molecule has 31 heavy (non-hydrogen) atoms. The number of nitrogens with one attached hydrogen (secondary N) is 1. The molecule has 0 unspecified atom stereocenters. The monoisotopic (exact) mass is 436 g/mol. The molecule has 5 nitrogen and oxygen atoms in total. The molecule has 3 aromatic carbocycles. The highest BCUT2D eigenvalue weighted by molar-refractivity contribution is 7.92. The van der Waals surface area contributed by atoms with E-state index in [0.717, 1.165) is 27.8 Å². The van der Waals surface area contributed by atoms with Crippen LogP contribution in [0.3, 0.4) is 0 Å². The predicted molar refractivity (Wildman–Crippen MR) is 126 cm³/mol. The molecule has 0 atom stereocenters. The van der Waals surface area contributed by atoms with E-state index in [2.05, 4.69) is 5.32 Å². The molecule has 0 saturated carbocycles. The SMILES string of the molecule is Cc1ccc(N(CC(=O)Nc2c(C)cc(C)cc2C)S(=O)(=O)c2ccccc2)c(C)c1. The molecule has 1 N–H and O–H groups in total. The quantitative estimate of drug-likeness (QED) is 0.587. The molecule has 0 spiro atoms. The third kappa shape index (κ3) is 4.97. The molecule has 0 saturated heterocycles. The van der Waals surface area contributed by atoms with Crippen LogP contribution in [-0.2, 0) is 14.8 Å². The summed E-state index contributed by atoms with van der Waals surface area (Å²) in [5, 5.41) is 2.92. The van der Waals surface area contributed by atoms with Gasteiger partial charge in [-0.1, -0.05) is 53.6 Å². The molecule has 3 aromatic rings. The smallest absolute Gasteiger partial charge is 0.264 e. The van der Waals surface area contributed by atoms with Gasteiger partial charge in [0.2, 0.25) is 5.91 Å². The molecule has 0 bridgehead atoms. The first-order chi connectivity index (χ1) is 14.6. The van der Waals surface area contributed by atoms with Crippen LogP contribution in [0.2, 0.25) is 0 Å². The van der Waals surface area contributed by atoms with E-state index in [-0.39, 0.29) is 11.4 Å². The summed E-state index contributed by atoms with van der Waals surface area (Å²) in [6, 6.07) is 17.7. The number of carbonyl (C=O) groups excluding carboxylic acids is 1. The highest BCUT2D eigenvalue weighted by Crippen LogP contribution is 2.28. The molecule has 162 valence electrons. The molecule has 0 aliphatic rings. The standard InChI is InChI=1S/C25H28N2O3S/c1-17-11-12-23(19(3)13-17)27(31(29,30)22-9-7-6-8-10-22)16-24(28)26-25-20(4)14-18(2)15-21(25)5/h6-15H,16H2,1-5H3,(H,26,28). The number of aryl methyl sites for hydroxylation is 5. The van der Waals surface area contributed by atoms with E-state index in [4.69, 9.17) is 0 Å². The number of anilines is 2. The summed E-state index contributed by atoms with van der Waals surface area (Å²) >= 11 is 0. The van der Waals surface area contributed by atoms with Gasteiger partial charge in [0.25, 0.3) is 10.0 Å². The Bertz CT molecular complexity index is 1200. The van der Waals surface area contributed by atoms with Gasteiger partial charge in [-0.25, -0.2) is 8.42 Å². The van der Waals surface area contributed by atoms with Gasteiger partial charge in [-0.2, -0.15) is 0 Å².